The molecular weight excluding hydrogens is 408 g/mol. The van der Waals surface area contributed by atoms with E-state index < -0.39 is 0 Å². The van der Waals surface area contributed by atoms with Gasteiger partial charge in [-0.1, -0.05) is 75.4 Å². The zero-order valence-electron chi connectivity index (χ0n) is 18.2. The number of hydrogen-bond acceptors (Lipinski definition) is 4. The van der Waals surface area contributed by atoms with E-state index in [1.165, 1.54) is 41.4 Å². The van der Waals surface area contributed by atoms with Crippen molar-refractivity contribution in [3.63, 3.8) is 0 Å². The number of benzene rings is 2. The van der Waals surface area contributed by atoms with Gasteiger partial charge in [0.1, 0.15) is 0 Å². The lowest BCUT2D eigenvalue weighted by atomic mass is 9.63. The quantitative estimate of drug-likeness (QED) is 0.508. The summed E-state index contributed by atoms with van der Waals surface area (Å²) in [5, 5.41) is 0. The monoisotopic (exact) mass is 438 g/mol. The molecule has 158 valence electrons. The summed E-state index contributed by atoms with van der Waals surface area (Å²) in [6, 6.07) is 19.4. The molecule has 4 rings (SSSR count). The number of rotatable bonds is 4. The minimum absolute atomic E-state index is 0.0530. The Balaban J connectivity index is 1.84. The van der Waals surface area contributed by atoms with Crippen molar-refractivity contribution in [1.82, 2.24) is 0 Å². The first kappa shape index (κ1) is 21.6. The van der Waals surface area contributed by atoms with E-state index >= 15 is 0 Å². The molecule has 2 aromatic carbocycles. The Hall–Kier alpha value is -1.65. The first-order valence-corrected chi connectivity index (χ1v) is 12.7. The summed E-state index contributed by atoms with van der Waals surface area (Å²) in [5.41, 5.74) is 6.47. The van der Waals surface area contributed by atoms with Crippen LogP contribution in [0.2, 0.25) is 0 Å². The Morgan fingerprint density at radius 3 is 2.17 bits per heavy atom. The number of carbonyl (C=O) groups excluding carboxylic acids is 1. The third-order valence-corrected chi connectivity index (χ3v) is 9.03. The maximum Gasteiger partial charge on any atom is 0.313 e. The van der Waals surface area contributed by atoms with Crippen LogP contribution in [0.3, 0.4) is 0 Å². The van der Waals surface area contributed by atoms with E-state index in [0.717, 1.165) is 11.5 Å². The van der Waals surface area contributed by atoms with E-state index in [9.17, 15) is 4.79 Å². The largest absolute Gasteiger partial charge is 0.469 e. The van der Waals surface area contributed by atoms with Crippen LogP contribution in [0.25, 0.3) is 5.57 Å². The predicted molar refractivity (Wildman–Crippen MR) is 130 cm³/mol. The van der Waals surface area contributed by atoms with Gasteiger partial charge in [0.05, 0.1) is 17.6 Å². The van der Waals surface area contributed by atoms with E-state index in [0.29, 0.717) is 4.58 Å². The lowest BCUT2D eigenvalue weighted by Crippen LogP contribution is -2.39. The second kappa shape index (κ2) is 8.84. The van der Waals surface area contributed by atoms with Gasteiger partial charge in [0.2, 0.25) is 0 Å². The van der Waals surface area contributed by atoms with Crippen LogP contribution in [0.1, 0.15) is 49.8 Å². The maximum atomic E-state index is 12.9. The Morgan fingerprint density at radius 2 is 1.60 bits per heavy atom. The molecule has 0 aromatic heterocycles. The van der Waals surface area contributed by atoms with Gasteiger partial charge in [0.15, 0.2) is 0 Å². The van der Waals surface area contributed by atoms with Crippen LogP contribution >= 0.6 is 23.5 Å². The first-order valence-electron chi connectivity index (χ1n) is 10.6. The summed E-state index contributed by atoms with van der Waals surface area (Å²) in [5.74, 6) is 2.05. The molecule has 0 radical (unpaired) electrons. The highest BCUT2D eigenvalue weighted by atomic mass is 32.2. The summed E-state index contributed by atoms with van der Waals surface area (Å²) in [4.78, 5) is 12.9. The van der Waals surface area contributed by atoms with Gasteiger partial charge in [0.25, 0.3) is 0 Å². The van der Waals surface area contributed by atoms with Gasteiger partial charge in [-0.3, -0.25) is 4.79 Å². The van der Waals surface area contributed by atoms with Crippen LogP contribution in [0.5, 0.6) is 0 Å². The van der Waals surface area contributed by atoms with Crippen molar-refractivity contribution in [1.29, 1.82) is 0 Å². The Morgan fingerprint density at radius 1 is 0.967 bits per heavy atom. The van der Waals surface area contributed by atoms with Crippen LogP contribution in [-0.4, -0.2) is 29.2 Å². The molecule has 1 aliphatic carbocycles. The molecule has 0 N–H and O–H groups in total. The van der Waals surface area contributed by atoms with Gasteiger partial charge in [0, 0.05) is 5.92 Å². The lowest BCUT2D eigenvalue weighted by Gasteiger charge is -2.45. The van der Waals surface area contributed by atoms with Gasteiger partial charge in [-0.05, 0) is 51.2 Å². The van der Waals surface area contributed by atoms with Gasteiger partial charge >= 0.3 is 5.97 Å². The van der Waals surface area contributed by atoms with Crippen LogP contribution < -0.4 is 0 Å². The highest BCUT2D eigenvalue weighted by molar-refractivity contribution is 8.17. The second-order valence-electron chi connectivity index (χ2n) is 9.01. The second-order valence-corrected chi connectivity index (χ2v) is 11.7. The number of hydrogen-bond donors (Lipinski definition) is 0. The number of allylic oxidation sites excluding steroid dienone is 1. The molecule has 0 unspecified atom stereocenters. The van der Waals surface area contributed by atoms with Crippen molar-refractivity contribution >= 4 is 35.1 Å². The number of carbonyl (C=O) groups is 1. The molecule has 1 aliphatic heterocycles. The molecule has 0 bridgehead atoms. The fraction of sp³-hybridized carbons (Fsp3) is 0.423. The highest BCUT2D eigenvalue weighted by Gasteiger charge is 2.49. The normalized spacial score (nSPS) is 22.5. The summed E-state index contributed by atoms with van der Waals surface area (Å²) < 4.78 is 5.62. The molecule has 0 saturated carbocycles. The van der Waals surface area contributed by atoms with Crippen molar-refractivity contribution in [2.24, 2.45) is 5.92 Å². The molecule has 1 fully saturated rings. The zero-order valence-corrected chi connectivity index (χ0v) is 19.8. The SMILES string of the molecule is COC(=O)[C@@H]1C(C2SCCCS2)=C(c2ccc(C(C)(C)C)cc2)[C@H]1c1ccccc1. The third kappa shape index (κ3) is 4.09. The smallest absolute Gasteiger partial charge is 0.313 e. The minimum atomic E-state index is -0.196. The Kier molecular flexibility index (Phi) is 6.36. The summed E-state index contributed by atoms with van der Waals surface area (Å²) >= 11 is 3.96. The average molecular weight is 439 g/mol. The van der Waals surface area contributed by atoms with Crippen molar-refractivity contribution in [3.8, 4) is 0 Å². The van der Waals surface area contributed by atoms with Crippen LogP contribution in [0.4, 0.5) is 0 Å². The van der Waals surface area contributed by atoms with Gasteiger partial charge in [-0.2, -0.15) is 0 Å². The molecule has 30 heavy (non-hydrogen) atoms. The zero-order chi connectivity index (χ0) is 21.3. The van der Waals surface area contributed by atoms with E-state index in [1.807, 2.05) is 29.6 Å². The molecule has 2 atom stereocenters. The van der Waals surface area contributed by atoms with Crippen molar-refractivity contribution in [3.05, 3.63) is 76.9 Å². The summed E-state index contributed by atoms with van der Waals surface area (Å²) in [7, 11) is 1.51. The number of ether oxygens (including phenoxy) is 1. The molecule has 2 aromatic rings. The Bertz CT molecular complexity index is 920. The molecule has 0 spiro atoms. The molecule has 1 heterocycles. The fourth-order valence-corrected chi connectivity index (χ4v) is 7.54. The van der Waals surface area contributed by atoms with E-state index in [1.54, 1.807) is 0 Å². The molecule has 1 saturated heterocycles. The predicted octanol–water partition coefficient (Wildman–Crippen LogP) is 6.52. The number of esters is 1. The molecule has 4 heteroatoms. The molecule has 2 aliphatic rings. The van der Waals surface area contributed by atoms with Crippen molar-refractivity contribution in [2.45, 2.75) is 43.1 Å². The number of methoxy groups -OCH3 is 1. The minimum Gasteiger partial charge on any atom is -0.469 e. The van der Waals surface area contributed by atoms with Crippen molar-refractivity contribution < 1.29 is 9.53 Å². The maximum absolute atomic E-state index is 12.9. The third-order valence-electron chi connectivity index (χ3n) is 6.05. The highest BCUT2D eigenvalue weighted by Crippen LogP contribution is 2.58. The van der Waals surface area contributed by atoms with Crippen LogP contribution in [0.15, 0.2) is 60.2 Å². The first-order chi connectivity index (χ1) is 14.4. The van der Waals surface area contributed by atoms with Crippen LogP contribution in [-0.2, 0) is 14.9 Å². The summed E-state index contributed by atoms with van der Waals surface area (Å²) in [6.07, 6.45) is 1.24. The van der Waals surface area contributed by atoms with E-state index in [-0.39, 0.29) is 23.2 Å². The van der Waals surface area contributed by atoms with Gasteiger partial charge in [-0.25, -0.2) is 0 Å². The van der Waals surface area contributed by atoms with E-state index in [4.69, 9.17) is 4.74 Å². The summed E-state index contributed by atoms with van der Waals surface area (Å²) in [6.45, 7) is 6.72. The molecule has 2 nitrogen and oxygen atoms in total. The lowest BCUT2D eigenvalue weighted by molar-refractivity contribution is -0.144. The Labute approximate surface area is 188 Å². The van der Waals surface area contributed by atoms with Crippen LogP contribution in [0, 0.1) is 5.92 Å². The van der Waals surface area contributed by atoms with E-state index in [2.05, 4.69) is 69.3 Å². The fourth-order valence-electron chi connectivity index (χ4n) is 4.44. The molecular formula is C26H30O2S2. The molecule has 0 amide bonds. The number of thioether (sulfide) groups is 2. The topological polar surface area (TPSA) is 26.3 Å². The van der Waals surface area contributed by atoms with Gasteiger partial charge < -0.3 is 4.74 Å². The standard InChI is InChI=1S/C26H30O2S2/c1-26(2,3)19-13-11-18(12-14-19)21-20(17-9-6-5-7-10-17)22(24(27)28-4)23(21)25-29-15-8-16-30-25/h5-7,9-14,20,22,25H,8,15-16H2,1-4H3/t20-,22+/m1/s1. The van der Waals surface area contributed by atoms with Gasteiger partial charge in [-0.15, -0.1) is 23.5 Å². The average Bonchev–Trinajstić information content (AvgIpc) is 2.74. The van der Waals surface area contributed by atoms with Crippen molar-refractivity contribution in [2.75, 3.05) is 18.6 Å².